The van der Waals surface area contributed by atoms with E-state index in [9.17, 15) is 9.59 Å². The fourth-order valence-corrected chi connectivity index (χ4v) is 1.12. The molecule has 0 spiro atoms. The predicted molar refractivity (Wildman–Crippen MR) is 60.0 cm³/mol. The largest absolute Gasteiger partial charge is 0.469 e. The van der Waals surface area contributed by atoms with Gasteiger partial charge in [0.1, 0.15) is 6.61 Å². The molecule has 0 bridgehead atoms. The minimum absolute atomic E-state index is 0.0308. The molecule has 0 aromatic heterocycles. The van der Waals surface area contributed by atoms with Gasteiger partial charge in [-0.1, -0.05) is 0 Å². The maximum Gasteiger partial charge on any atom is 0.307 e. The monoisotopic (exact) mass is 231 g/mol. The van der Waals surface area contributed by atoms with E-state index >= 15 is 0 Å². The summed E-state index contributed by atoms with van der Waals surface area (Å²) in [5.41, 5.74) is 0. The molecule has 5 heteroatoms. The minimum atomic E-state index is -0.309. The number of amides is 1. The third kappa shape index (κ3) is 6.40. The summed E-state index contributed by atoms with van der Waals surface area (Å²) < 4.78 is 9.73. The van der Waals surface area contributed by atoms with E-state index in [1.54, 1.807) is 4.90 Å². The lowest BCUT2D eigenvalue weighted by molar-refractivity contribution is -0.142. The smallest absolute Gasteiger partial charge is 0.307 e. The van der Waals surface area contributed by atoms with Crippen LogP contribution in [0.5, 0.6) is 0 Å². The number of methoxy groups -OCH3 is 1. The van der Waals surface area contributed by atoms with Crippen LogP contribution in [-0.4, -0.2) is 49.7 Å². The molecule has 0 aromatic rings. The third-order valence-electron chi connectivity index (χ3n) is 2.09. The molecule has 0 aliphatic rings. The van der Waals surface area contributed by atoms with Crippen LogP contribution in [-0.2, 0) is 19.1 Å². The molecule has 0 aliphatic carbocycles. The second kappa shape index (κ2) is 8.10. The van der Waals surface area contributed by atoms with Gasteiger partial charge >= 0.3 is 5.97 Å². The van der Waals surface area contributed by atoms with Gasteiger partial charge in [-0.25, -0.2) is 0 Å². The molecular weight excluding hydrogens is 210 g/mol. The summed E-state index contributed by atoms with van der Waals surface area (Å²) in [6, 6.07) is 0. The molecule has 0 aromatic carbocycles. The van der Waals surface area contributed by atoms with Gasteiger partial charge in [-0.05, 0) is 20.8 Å². The standard InChI is InChI=1S/C11H21NO4/c1-5-12(7-6-11(14)15-4)10(13)8-16-9(2)3/h9H,5-8H2,1-4H3. The van der Waals surface area contributed by atoms with Crippen LogP contribution < -0.4 is 0 Å². The van der Waals surface area contributed by atoms with Crippen molar-refractivity contribution in [3.8, 4) is 0 Å². The Kier molecular flexibility index (Phi) is 7.54. The topological polar surface area (TPSA) is 55.8 Å². The van der Waals surface area contributed by atoms with Crippen LogP contribution >= 0.6 is 0 Å². The molecule has 0 saturated heterocycles. The van der Waals surface area contributed by atoms with Crippen molar-refractivity contribution < 1.29 is 19.1 Å². The summed E-state index contributed by atoms with van der Waals surface area (Å²) in [7, 11) is 1.34. The maximum atomic E-state index is 11.6. The van der Waals surface area contributed by atoms with E-state index in [0.717, 1.165) is 0 Å². The highest BCUT2D eigenvalue weighted by molar-refractivity contribution is 5.78. The van der Waals surface area contributed by atoms with Crippen LogP contribution in [0.3, 0.4) is 0 Å². The second-order valence-electron chi connectivity index (χ2n) is 3.66. The van der Waals surface area contributed by atoms with Crippen molar-refractivity contribution in [2.45, 2.75) is 33.3 Å². The quantitative estimate of drug-likeness (QED) is 0.609. The van der Waals surface area contributed by atoms with Crippen molar-refractivity contribution in [1.29, 1.82) is 0 Å². The molecular formula is C11H21NO4. The van der Waals surface area contributed by atoms with Gasteiger partial charge in [0.2, 0.25) is 5.91 Å². The zero-order valence-electron chi connectivity index (χ0n) is 10.5. The summed E-state index contributed by atoms with van der Waals surface area (Å²) in [5, 5.41) is 0. The average Bonchev–Trinajstić information content (AvgIpc) is 2.26. The van der Waals surface area contributed by atoms with Crippen molar-refractivity contribution in [3.05, 3.63) is 0 Å². The van der Waals surface area contributed by atoms with Crippen molar-refractivity contribution in [2.24, 2.45) is 0 Å². The zero-order valence-corrected chi connectivity index (χ0v) is 10.5. The van der Waals surface area contributed by atoms with Crippen LogP contribution in [0.1, 0.15) is 27.2 Å². The van der Waals surface area contributed by atoms with Crippen LogP contribution in [0.4, 0.5) is 0 Å². The van der Waals surface area contributed by atoms with Gasteiger partial charge in [-0.3, -0.25) is 9.59 Å². The molecule has 0 N–H and O–H groups in total. The molecule has 0 atom stereocenters. The van der Waals surface area contributed by atoms with Gasteiger partial charge in [-0.15, -0.1) is 0 Å². The van der Waals surface area contributed by atoms with Crippen LogP contribution in [0, 0.1) is 0 Å². The molecule has 94 valence electrons. The van der Waals surface area contributed by atoms with Gasteiger partial charge in [0.05, 0.1) is 19.6 Å². The first-order chi connectivity index (χ1) is 7.51. The van der Waals surface area contributed by atoms with E-state index in [4.69, 9.17) is 4.74 Å². The Hall–Kier alpha value is -1.10. The summed E-state index contributed by atoms with van der Waals surface area (Å²) in [6.07, 6.45) is 0.251. The fraction of sp³-hybridized carbons (Fsp3) is 0.818. The van der Waals surface area contributed by atoms with Crippen molar-refractivity contribution in [2.75, 3.05) is 26.8 Å². The molecule has 0 heterocycles. The number of rotatable bonds is 7. The molecule has 0 fully saturated rings. The Morgan fingerprint density at radius 2 is 1.94 bits per heavy atom. The zero-order chi connectivity index (χ0) is 12.6. The lowest BCUT2D eigenvalue weighted by Gasteiger charge is -2.20. The van der Waals surface area contributed by atoms with E-state index < -0.39 is 0 Å². The Morgan fingerprint density at radius 3 is 2.38 bits per heavy atom. The number of likely N-dealkylation sites (N-methyl/N-ethyl adjacent to an activating group) is 1. The van der Waals surface area contributed by atoms with Crippen LogP contribution in [0.25, 0.3) is 0 Å². The molecule has 0 aliphatic heterocycles. The van der Waals surface area contributed by atoms with E-state index in [1.165, 1.54) is 7.11 Å². The summed E-state index contributed by atoms with van der Waals surface area (Å²) in [4.78, 5) is 24.1. The SMILES string of the molecule is CCN(CCC(=O)OC)C(=O)COC(C)C. The molecule has 5 nitrogen and oxygen atoms in total. The van der Waals surface area contributed by atoms with Crippen LogP contribution in [0.2, 0.25) is 0 Å². The average molecular weight is 231 g/mol. The molecule has 0 rings (SSSR count). The number of hydrogen-bond donors (Lipinski definition) is 0. The maximum absolute atomic E-state index is 11.6. The summed E-state index contributed by atoms with van der Waals surface area (Å²) in [6.45, 7) is 6.62. The van der Waals surface area contributed by atoms with Gasteiger partial charge in [0.15, 0.2) is 0 Å². The Balaban J connectivity index is 3.97. The first kappa shape index (κ1) is 14.9. The lowest BCUT2D eigenvalue weighted by Crippen LogP contribution is -2.36. The highest BCUT2D eigenvalue weighted by Gasteiger charge is 2.13. The van der Waals surface area contributed by atoms with Crippen molar-refractivity contribution in [3.63, 3.8) is 0 Å². The Morgan fingerprint density at radius 1 is 1.31 bits per heavy atom. The van der Waals surface area contributed by atoms with E-state index in [0.29, 0.717) is 13.1 Å². The fourth-order valence-electron chi connectivity index (χ4n) is 1.12. The van der Waals surface area contributed by atoms with Gasteiger partial charge < -0.3 is 14.4 Å². The highest BCUT2D eigenvalue weighted by atomic mass is 16.5. The molecule has 16 heavy (non-hydrogen) atoms. The number of nitrogens with zero attached hydrogens (tertiary/aromatic N) is 1. The van der Waals surface area contributed by atoms with E-state index in [2.05, 4.69) is 4.74 Å². The molecule has 0 saturated carbocycles. The first-order valence-corrected chi connectivity index (χ1v) is 5.47. The third-order valence-corrected chi connectivity index (χ3v) is 2.09. The van der Waals surface area contributed by atoms with Gasteiger partial charge in [0.25, 0.3) is 0 Å². The number of ether oxygens (including phenoxy) is 2. The molecule has 1 amide bonds. The highest BCUT2D eigenvalue weighted by Crippen LogP contribution is 1.97. The summed E-state index contributed by atoms with van der Waals surface area (Å²) >= 11 is 0. The lowest BCUT2D eigenvalue weighted by atomic mass is 10.3. The molecule has 0 unspecified atom stereocenters. The van der Waals surface area contributed by atoms with Gasteiger partial charge in [-0.2, -0.15) is 0 Å². The van der Waals surface area contributed by atoms with Crippen molar-refractivity contribution in [1.82, 2.24) is 4.90 Å². The Bertz CT molecular complexity index is 228. The minimum Gasteiger partial charge on any atom is -0.469 e. The van der Waals surface area contributed by atoms with Crippen molar-refractivity contribution >= 4 is 11.9 Å². The summed E-state index contributed by atoms with van der Waals surface area (Å²) in [5.74, 6) is -0.406. The van der Waals surface area contributed by atoms with E-state index in [1.807, 2.05) is 20.8 Å². The van der Waals surface area contributed by atoms with Crippen LogP contribution in [0.15, 0.2) is 0 Å². The number of carbonyl (C=O) groups excluding carboxylic acids is 2. The van der Waals surface area contributed by atoms with E-state index in [-0.39, 0.29) is 31.0 Å². The first-order valence-electron chi connectivity index (χ1n) is 5.47. The number of hydrogen-bond acceptors (Lipinski definition) is 4. The normalized spacial score (nSPS) is 10.3. The van der Waals surface area contributed by atoms with Gasteiger partial charge in [0, 0.05) is 13.1 Å². The second-order valence-corrected chi connectivity index (χ2v) is 3.66. The number of esters is 1. The Labute approximate surface area is 96.7 Å². The predicted octanol–water partition coefficient (Wildman–Crippen LogP) is 0.823. The molecule has 0 radical (unpaired) electrons. The number of carbonyl (C=O) groups is 2.